The molecule has 4 rings (SSSR count). The molecule has 36 heavy (non-hydrogen) atoms. The van der Waals surface area contributed by atoms with E-state index in [0.29, 0.717) is 16.3 Å². The number of ketones is 1. The van der Waals surface area contributed by atoms with Crippen LogP contribution in [0.5, 0.6) is 5.75 Å². The minimum absolute atomic E-state index is 0.0108. The van der Waals surface area contributed by atoms with Gasteiger partial charge in [0.2, 0.25) is 0 Å². The lowest BCUT2D eigenvalue weighted by atomic mass is 9.94. The lowest BCUT2D eigenvalue weighted by Crippen LogP contribution is -2.29. The Kier molecular flexibility index (Phi) is 7.17. The summed E-state index contributed by atoms with van der Waals surface area (Å²) in [6.07, 6.45) is 0. The molecule has 1 unspecified atom stereocenters. The molecule has 0 spiro atoms. The molecule has 186 valence electrons. The first-order valence-electron chi connectivity index (χ1n) is 11.5. The number of nitrogens with zero attached hydrogens (tertiary/aromatic N) is 1. The largest absolute Gasteiger partial charge is 0.507 e. The van der Waals surface area contributed by atoms with Crippen LogP contribution in [0.4, 0.5) is 0 Å². The van der Waals surface area contributed by atoms with Gasteiger partial charge in [-0.15, -0.1) is 0 Å². The average molecular weight is 524 g/mol. The Bertz CT molecular complexity index is 1360. The minimum Gasteiger partial charge on any atom is -0.507 e. The summed E-state index contributed by atoms with van der Waals surface area (Å²) in [5, 5.41) is 11.8. The second kappa shape index (κ2) is 10.00. The van der Waals surface area contributed by atoms with Crippen molar-refractivity contribution in [2.75, 3.05) is 0 Å². The third-order valence-corrected chi connectivity index (χ3v) is 6.53. The van der Waals surface area contributed by atoms with Gasteiger partial charge < -0.3 is 14.7 Å². The Morgan fingerprint density at radius 1 is 0.972 bits per heavy atom. The maximum Gasteiger partial charge on any atom is 0.295 e. The summed E-state index contributed by atoms with van der Waals surface area (Å²) in [5.74, 6) is -1.02. The monoisotopic (exact) mass is 523 g/mol. The first-order valence-corrected chi connectivity index (χ1v) is 12.3. The third kappa shape index (κ3) is 5.43. The number of aliphatic hydroxyl groups is 1. The van der Waals surface area contributed by atoms with E-state index in [1.54, 1.807) is 6.07 Å². The summed E-state index contributed by atoms with van der Waals surface area (Å²) >= 11 is 12.2. The smallest absolute Gasteiger partial charge is 0.295 e. The van der Waals surface area contributed by atoms with E-state index in [0.717, 1.165) is 16.7 Å². The Labute approximate surface area is 220 Å². The normalized spacial score (nSPS) is 17.5. The molecule has 7 heteroatoms. The molecule has 1 N–H and O–H groups in total. The van der Waals surface area contributed by atoms with Crippen LogP contribution in [-0.2, 0) is 16.1 Å². The number of hydrogen-bond donors (Lipinski definition) is 1. The van der Waals surface area contributed by atoms with E-state index in [2.05, 4.69) is 0 Å². The van der Waals surface area contributed by atoms with Crippen LogP contribution >= 0.6 is 23.2 Å². The van der Waals surface area contributed by atoms with Crippen molar-refractivity contribution >= 4 is 40.7 Å². The zero-order valence-electron chi connectivity index (χ0n) is 20.5. The van der Waals surface area contributed by atoms with Gasteiger partial charge in [0.1, 0.15) is 17.1 Å². The van der Waals surface area contributed by atoms with Crippen LogP contribution in [0.2, 0.25) is 10.0 Å². The van der Waals surface area contributed by atoms with Crippen LogP contribution < -0.4 is 4.74 Å². The molecule has 0 aromatic heterocycles. The van der Waals surface area contributed by atoms with Gasteiger partial charge >= 0.3 is 0 Å². The number of likely N-dealkylation sites (tertiary alicyclic amines) is 1. The van der Waals surface area contributed by atoms with Gasteiger partial charge in [0.15, 0.2) is 0 Å². The molecule has 1 aliphatic heterocycles. The van der Waals surface area contributed by atoms with Gasteiger partial charge in [-0.05, 0) is 69.2 Å². The molecule has 1 heterocycles. The van der Waals surface area contributed by atoms with Crippen LogP contribution in [0, 0.1) is 6.92 Å². The fourth-order valence-electron chi connectivity index (χ4n) is 4.24. The summed E-state index contributed by atoms with van der Waals surface area (Å²) in [5.41, 5.74) is 2.50. The van der Waals surface area contributed by atoms with Crippen LogP contribution in [0.1, 0.15) is 49.1 Å². The van der Waals surface area contributed by atoms with E-state index >= 15 is 0 Å². The summed E-state index contributed by atoms with van der Waals surface area (Å²) in [7, 11) is 0. The SMILES string of the molecule is Cc1cccc(C2/C(=C(/O)c3ccc(Cl)c(Cl)c3)C(=O)C(=O)N2Cc2ccc(OC(C)(C)C)cc2)c1. The highest BCUT2D eigenvalue weighted by Gasteiger charge is 2.46. The van der Waals surface area contributed by atoms with Crippen LogP contribution in [0.15, 0.2) is 72.3 Å². The maximum absolute atomic E-state index is 13.3. The Morgan fingerprint density at radius 3 is 2.28 bits per heavy atom. The molecule has 0 radical (unpaired) electrons. The predicted octanol–water partition coefficient (Wildman–Crippen LogP) is 7.10. The minimum atomic E-state index is -0.773. The Balaban J connectivity index is 1.78. The quantitative estimate of drug-likeness (QED) is 0.220. The zero-order chi connectivity index (χ0) is 26.2. The van der Waals surface area contributed by atoms with Gasteiger partial charge in [-0.2, -0.15) is 0 Å². The fourth-order valence-corrected chi connectivity index (χ4v) is 4.54. The lowest BCUT2D eigenvalue weighted by Gasteiger charge is -2.26. The molecular weight excluding hydrogens is 497 g/mol. The summed E-state index contributed by atoms with van der Waals surface area (Å²) in [6.45, 7) is 8.02. The molecule has 5 nitrogen and oxygen atoms in total. The molecule has 3 aromatic rings. The number of carbonyl (C=O) groups excluding carboxylic acids is 2. The molecule has 1 atom stereocenters. The van der Waals surface area contributed by atoms with Crippen LogP contribution in [0.3, 0.4) is 0 Å². The Morgan fingerprint density at radius 2 is 1.67 bits per heavy atom. The molecule has 1 fully saturated rings. The number of Topliss-reactive ketones (excluding diaryl/α,β-unsaturated/α-hetero) is 1. The topological polar surface area (TPSA) is 66.8 Å². The van der Waals surface area contributed by atoms with E-state index < -0.39 is 17.7 Å². The van der Waals surface area contributed by atoms with Gasteiger partial charge in [-0.1, -0.05) is 65.2 Å². The first kappa shape index (κ1) is 25.8. The predicted molar refractivity (Wildman–Crippen MR) is 142 cm³/mol. The molecule has 0 aliphatic carbocycles. The van der Waals surface area contributed by atoms with Gasteiger partial charge in [0.05, 0.1) is 21.7 Å². The summed E-state index contributed by atoms with van der Waals surface area (Å²) < 4.78 is 5.89. The van der Waals surface area contributed by atoms with Gasteiger partial charge in [0, 0.05) is 12.1 Å². The average Bonchev–Trinajstić information content (AvgIpc) is 3.05. The van der Waals surface area contributed by atoms with Crippen LogP contribution in [-0.4, -0.2) is 27.3 Å². The lowest BCUT2D eigenvalue weighted by molar-refractivity contribution is -0.140. The van der Waals surface area contributed by atoms with E-state index in [1.807, 2.05) is 76.2 Å². The molecule has 0 bridgehead atoms. The number of aliphatic hydroxyl groups excluding tert-OH is 1. The number of ether oxygens (including phenoxy) is 1. The number of carbonyl (C=O) groups is 2. The highest BCUT2D eigenvalue weighted by Crippen LogP contribution is 2.41. The van der Waals surface area contributed by atoms with Crippen molar-refractivity contribution in [3.05, 3.63) is 105 Å². The van der Waals surface area contributed by atoms with Crippen molar-refractivity contribution in [3.63, 3.8) is 0 Å². The van der Waals surface area contributed by atoms with E-state index in [4.69, 9.17) is 27.9 Å². The van der Waals surface area contributed by atoms with Gasteiger partial charge in [-0.3, -0.25) is 9.59 Å². The molecular formula is C29H27Cl2NO4. The fraction of sp³-hybridized carbons (Fsp3) is 0.241. The molecule has 1 saturated heterocycles. The van der Waals surface area contributed by atoms with Crippen molar-refractivity contribution in [1.29, 1.82) is 0 Å². The van der Waals surface area contributed by atoms with Crippen molar-refractivity contribution in [2.45, 2.75) is 45.9 Å². The highest BCUT2D eigenvalue weighted by atomic mass is 35.5. The van der Waals surface area contributed by atoms with E-state index in [-0.39, 0.29) is 28.5 Å². The van der Waals surface area contributed by atoms with Gasteiger partial charge in [-0.25, -0.2) is 0 Å². The van der Waals surface area contributed by atoms with E-state index in [9.17, 15) is 14.7 Å². The standard InChI is InChI=1S/C29H27Cl2NO4/c1-17-6-5-7-19(14-17)25-24(26(33)20-10-13-22(30)23(31)15-20)27(34)28(35)32(25)16-18-8-11-21(12-9-18)36-29(2,3)4/h5-15,25,33H,16H2,1-4H3/b26-24-. The zero-order valence-corrected chi connectivity index (χ0v) is 22.0. The first-order chi connectivity index (χ1) is 16.9. The Hall–Kier alpha value is -3.28. The molecule has 1 amide bonds. The molecule has 3 aromatic carbocycles. The highest BCUT2D eigenvalue weighted by molar-refractivity contribution is 6.46. The summed E-state index contributed by atoms with van der Waals surface area (Å²) in [6, 6.07) is 18.8. The summed E-state index contributed by atoms with van der Waals surface area (Å²) in [4.78, 5) is 28.0. The molecule has 0 saturated carbocycles. The van der Waals surface area contributed by atoms with Gasteiger partial charge in [0.25, 0.3) is 11.7 Å². The molecule has 1 aliphatic rings. The third-order valence-electron chi connectivity index (χ3n) is 5.79. The number of aryl methyl sites for hydroxylation is 1. The maximum atomic E-state index is 13.3. The van der Waals surface area contributed by atoms with Crippen molar-refractivity contribution in [1.82, 2.24) is 4.90 Å². The number of halogens is 2. The van der Waals surface area contributed by atoms with Crippen LogP contribution in [0.25, 0.3) is 5.76 Å². The number of benzene rings is 3. The second-order valence-corrected chi connectivity index (χ2v) is 10.6. The second-order valence-electron chi connectivity index (χ2n) is 9.83. The number of hydrogen-bond acceptors (Lipinski definition) is 4. The van der Waals surface area contributed by atoms with Crippen molar-refractivity contribution in [2.24, 2.45) is 0 Å². The van der Waals surface area contributed by atoms with Crippen molar-refractivity contribution < 1.29 is 19.4 Å². The van der Waals surface area contributed by atoms with E-state index in [1.165, 1.54) is 17.0 Å². The number of amides is 1. The van der Waals surface area contributed by atoms with Crippen molar-refractivity contribution in [3.8, 4) is 5.75 Å². The number of rotatable bonds is 5.